The van der Waals surface area contributed by atoms with Gasteiger partial charge in [-0.15, -0.1) is 0 Å². The smallest absolute Gasteiger partial charge is 0.192 e. The summed E-state index contributed by atoms with van der Waals surface area (Å²) in [5.41, 5.74) is 1.78. The minimum atomic E-state index is -0.453. The van der Waals surface area contributed by atoms with E-state index < -0.39 is 5.60 Å². The molecule has 0 saturated heterocycles. The highest BCUT2D eigenvalue weighted by atomic mass is 16.5. The van der Waals surface area contributed by atoms with Crippen LogP contribution in [0, 0.1) is 17.8 Å². The van der Waals surface area contributed by atoms with Crippen molar-refractivity contribution in [2.75, 3.05) is 19.0 Å². The van der Waals surface area contributed by atoms with Gasteiger partial charge in [-0.3, -0.25) is 4.79 Å². The average Bonchev–Trinajstić information content (AvgIpc) is 3.05. The number of nitrogens with zero attached hydrogens (tertiary/aromatic N) is 1. The summed E-state index contributed by atoms with van der Waals surface area (Å²) in [7, 11) is 1.53. The number of methoxy groups -OCH3 is 1. The lowest BCUT2D eigenvalue weighted by Crippen LogP contribution is -2.59. The average molecular weight is 355 g/mol. The predicted octanol–water partition coefficient (Wildman–Crippen LogP) is 2.74. The lowest BCUT2D eigenvalue weighted by atomic mass is 9.52. The Kier molecular flexibility index (Phi) is 3.62. The molecule has 2 aromatic heterocycles. The number of ether oxygens (including phenoxy) is 1. The number of fused-ring (bicyclic) bond motifs is 1. The Labute approximate surface area is 152 Å². The molecule has 26 heavy (non-hydrogen) atoms. The Balaban J connectivity index is 1.52. The minimum absolute atomic E-state index is 0.0473. The zero-order valence-corrected chi connectivity index (χ0v) is 15.0. The van der Waals surface area contributed by atoms with Crippen LogP contribution in [0.4, 0.5) is 5.69 Å². The molecule has 4 aliphatic carbocycles. The molecule has 0 amide bonds. The molecule has 4 saturated carbocycles. The summed E-state index contributed by atoms with van der Waals surface area (Å²) in [6.45, 7) is 0.0473. The SMILES string of the molecule is COCC(=O)c1cnc2[nH]ccc2c1N[C@H]1[C@@H]2CC3C[C@H]1C[C@@](O)(C3)C2. The number of aromatic nitrogens is 2. The van der Waals surface area contributed by atoms with Gasteiger partial charge in [0, 0.05) is 30.9 Å². The molecular weight excluding hydrogens is 330 g/mol. The zero-order valence-electron chi connectivity index (χ0n) is 15.0. The van der Waals surface area contributed by atoms with Crippen molar-refractivity contribution >= 4 is 22.5 Å². The number of Topliss-reactive ketones (excluding diaryl/α,β-unsaturated/α-hetero) is 1. The molecule has 3 N–H and O–H groups in total. The number of aromatic amines is 1. The number of aliphatic hydroxyl groups is 1. The van der Waals surface area contributed by atoms with E-state index >= 15 is 0 Å². The topological polar surface area (TPSA) is 87.2 Å². The summed E-state index contributed by atoms with van der Waals surface area (Å²) < 4.78 is 5.06. The lowest BCUT2D eigenvalue weighted by molar-refractivity contribution is -0.129. The number of hydrogen-bond acceptors (Lipinski definition) is 5. The fraction of sp³-hybridized carbons (Fsp3) is 0.600. The first kappa shape index (κ1) is 16.3. The second-order valence-electron chi connectivity index (χ2n) is 8.51. The number of anilines is 1. The Bertz CT molecular complexity index is 845. The number of H-pyrrole nitrogens is 1. The summed E-state index contributed by atoms with van der Waals surface area (Å²) in [6, 6.07) is 2.28. The van der Waals surface area contributed by atoms with Gasteiger partial charge in [0.1, 0.15) is 12.3 Å². The molecule has 138 valence electrons. The van der Waals surface area contributed by atoms with Crippen LogP contribution in [-0.2, 0) is 4.74 Å². The first-order valence-electron chi connectivity index (χ1n) is 9.53. The van der Waals surface area contributed by atoms with E-state index in [2.05, 4.69) is 15.3 Å². The van der Waals surface area contributed by atoms with Crippen LogP contribution in [0.15, 0.2) is 18.5 Å². The molecule has 4 bridgehead atoms. The molecule has 4 fully saturated rings. The third-order valence-corrected chi connectivity index (χ3v) is 6.71. The molecule has 6 heteroatoms. The number of rotatable bonds is 5. The largest absolute Gasteiger partial charge is 0.390 e. The van der Waals surface area contributed by atoms with Crippen molar-refractivity contribution in [1.29, 1.82) is 0 Å². The molecular formula is C20H25N3O3. The summed E-state index contributed by atoms with van der Waals surface area (Å²) >= 11 is 0. The molecule has 0 aromatic carbocycles. The van der Waals surface area contributed by atoms with Gasteiger partial charge in [-0.05, 0) is 55.9 Å². The number of hydrogen-bond donors (Lipinski definition) is 3. The van der Waals surface area contributed by atoms with Gasteiger partial charge in [0.05, 0.1) is 16.9 Å². The van der Waals surface area contributed by atoms with Crippen LogP contribution in [0.5, 0.6) is 0 Å². The van der Waals surface area contributed by atoms with Crippen molar-refractivity contribution in [1.82, 2.24) is 9.97 Å². The monoisotopic (exact) mass is 355 g/mol. The Morgan fingerprint density at radius 2 is 2.15 bits per heavy atom. The van der Waals surface area contributed by atoms with Crippen LogP contribution in [0.2, 0.25) is 0 Å². The number of carbonyl (C=O) groups is 1. The van der Waals surface area contributed by atoms with Crippen LogP contribution in [-0.4, -0.2) is 46.2 Å². The second-order valence-corrected chi connectivity index (χ2v) is 8.51. The molecule has 1 unspecified atom stereocenters. The lowest BCUT2D eigenvalue weighted by Gasteiger charge is -2.58. The van der Waals surface area contributed by atoms with Gasteiger partial charge in [-0.2, -0.15) is 0 Å². The fourth-order valence-electron chi connectivity index (χ4n) is 5.97. The third kappa shape index (κ3) is 2.47. The Morgan fingerprint density at radius 1 is 1.38 bits per heavy atom. The van der Waals surface area contributed by atoms with Crippen molar-refractivity contribution in [3.8, 4) is 0 Å². The zero-order chi connectivity index (χ0) is 17.9. The molecule has 0 radical (unpaired) electrons. The van der Waals surface area contributed by atoms with E-state index in [1.54, 1.807) is 6.20 Å². The second kappa shape index (κ2) is 5.79. The van der Waals surface area contributed by atoms with Crippen molar-refractivity contribution < 1.29 is 14.6 Å². The van der Waals surface area contributed by atoms with E-state index in [1.807, 2.05) is 12.3 Å². The molecule has 2 aromatic rings. The van der Waals surface area contributed by atoms with E-state index in [9.17, 15) is 9.90 Å². The summed E-state index contributed by atoms with van der Waals surface area (Å²) in [5, 5.41) is 15.5. The number of pyridine rings is 1. The van der Waals surface area contributed by atoms with E-state index in [0.717, 1.165) is 36.0 Å². The molecule has 0 aliphatic heterocycles. The number of ketones is 1. The van der Waals surface area contributed by atoms with Crippen molar-refractivity contribution in [2.24, 2.45) is 17.8 Å². The van der Waals surface area contributed by atoms with Crippen LogP contribution >= 0.6 is 0 Å². The molecule has 6 nitrogen and oxygen atoms in total. The van der Waals surface area contributed by atoms with E-state index in [-0.39, 0.29) is 12.4 Å². The first-order valence-corrected chi connectivity index (χ1v) is 9.53. The van der Waals surface area contributed by atoms with Crippen LogP contribution < -0.4 is 5.32 Å². The summed E-state index contributed by atoms with van der Waals surface area (Å²) in [5.74, 6) is 1.54. The highest BCUT2D eigenvalue weighted by Gasteiger charge is 2.54. The molecule has 0 spiro atoms. The fourth-order valence-corrected chi connectivity index (χ4v) is 5.97. The predicted molar refractivity (Wildman–Crippen MR) is 98.2 cm³/mol. The highest BCUT2D eigenvalue weighted by Crippen LogP contribution is 2.56. The molecule has 5 atom stereocenters. The van der Waals surface area contributed by atoms with Crippen molar-refractivity contribution in [3.63, 3.8) is 0 Å². The van der Waals surface area contributed by atoms with Crippen LogP contribution in [0.25, 0.3) is 11.0 Å². The standard InChI is InChI=1S/C20H25N3O3/c1-26-10-16(24)15-9-22-19-14(2-3-21-19)18(15)23-17-12-4-11-5-13(17)8-20(25,6-11)7-12/h2-3,9,11-13,17,25H,4-8,10H2,1H3,(H2,21,22,23)/t11?,12-,13+,17+,20-. The molecule has 2 heterocycles. The van der Waals surface area contributed by atoms with Crippen LogP contribution in [0.3, 0.4) is 0 Å². The molecule has 6 rings (SSSR count). The van der Waals surface area contributed by atoms with E-state index in [1.165, 1.54) is 20.0 Å². The quantitative estimate of drug-likeness (QED) is 0.718. The first-order chi connectivity index (χ1) is 12.6. The molecule has 4 aliphatic rings. The maximum atomic E-state index is 12.6. The van der Waals surface area contributed by atoms with Gasteiger partial charge in [-0.25, -0.2) is 4.98 Å². The Morgan fingerprint density at radius 3 is 2.85 bits per heavy atom. The van der Waals surface area contributed by atoms with Crippen molar-refractivity contribution in [3.05, 3.63) is 24.0 Å². The normalized spacial score (nSPS) is 35.2. The summed E-state index contributed by atoms with van der Waals surface area (Å²) in [6.07, 6.45) is 8.58. The van der Waals surface area contributed by atoms with Gasteiger partial charge < -0.3 is 20.1 Å². The van der Waals surface area contributed by atoms with E-state index in [0.29, 0.717) is 29.4 Å². The summed E-state index contributed by atoms with van der Waals surface area (Å²) in [4.78, 5) is 20.1. The van der Waals surface area contributed by atoms with Crippen molar-refractivity contribution in [2.45, 2.75) is 43.7 Å². The van der Waals surface area contributed by atoms with Crippen LogP contribution in [0.1, 0.15) is 42.5 Å². The number of nitrogens with one attached hydrogen (secondary N) is 2. The third-order valence-electron chi connectivity index (χ3n) is 6.71. The van der Waals surface area contributed by atoms with E-state index in [4.69, 9.17) is 4.74 Å². The number of carbonyl (C=O) groups excluding carboxylic acids is 1. The van der Waals surface area contributed by atoms with Gasteiger partial charge in [0.25, 0.3) is 0 Å². The maximum Gasteiger partial charge on any atom is 0.192 e. The van der Waals surface area contributed by atoms with Gasteiger partial charge in [-0.1, -0.05) is 0 Å². The van der Waals surface area contributed by atoms with Gasteiger partial charge >= 0.3 is 0 Å². The maximum absolute atomic E-state index is 12.6. The highest BCUT2D eigenvalue weighted by molar-refractivity contribution is 6.08. The minimum Gasteiger partial charge on any atom is -0.390 e. The Hall–Kier alpha value is -1.92. The van der Waals surface area contributed by atoms with Gasteiger partial charge in [0.15, 0.2) is 5.78 Å². The van der Waals surface area contributed by atoms with Gasteiger partial charge in [0.2, 0.25) is 0 Å².